The van der Waals surface area contributed by atoms with Crippen molar-refractivity contribution >= 4 is 16.9 Å². The zero-order chi connectivity index (χ0) is 16.7. The lowest BCUT2D eigenvalue weighted by molar-refractivity contribution is 0.00841. The Morgan fingerprint density at radius 1 is 1.21 bits per heavy atom. The number of fused-ring (bicyclic) bond motifs is 1. The maximum Gasteiger partial charge on any atom is 0.313 e. The molecular formula is C18H18FN3O2. The van der Waals surface area contributed by atoms with Crippen molar-refractivity contribution in [2.24, 2.45) is 0 Å². The molecule has 3 aromatic rings. The number of rotatable bonds is 4. The fourth-order valence-electron chi connectivity index (χ4n) is 2.90. The first kappa shape index (κ1) is 15.1. The molecular weight excluding hydrogens is 309 g/mol. The van der Waals surface area contributed by atoms with Crippen LogP contribution < -0.4 is 5.32 Å². The number of aryl methyl sites for hydroxylation is 1. The van der Waals surface area contributed by atoms with Crippen LogP contribution in [0.4, 0.5) is 10.2 Å². The van der Waals surface area contributed by atoms with Gasteiger partial charge in [-0.1, -0.05) is 24.3 Å². The maximum absolute atomic E-state index is 13.6. The molecule has 3 heterocycles. The van der Waals surface area contributed by atoms with Gasteiger partial charge >= 0.3 is 6.08 Å². The van der Waals surface area contributed by atoms with Crippen LogP contribution in [0.5, 0.6) is 0 Å². The number of anilines is 1. The molecule has 5 nitrogen and oxygen atoms in total. The number of furan rings is 1. The third-order valence-corrected chi connectivity index (χ3v) is 4.39. The van der Waals surface area contributed by atoms with Crippen molar-refractivity contribution < 1.29 is 13.5 Å². The van der Waals surface area contributed by atoms with Gasteiger partial charge in [0.15, 0.2) is 0 Å². The molecule has 0 amide bonds. The van der Waals surface area contributed by atoms with Gasteiger partial charge in [-0.3, -0.25) is 0 Å². The minimum Gasteiger partial charge on any atom is -0.443 e. The Labute approximate surface area is 138 Å². The minimum atomic E-state index is -0.799. The fraction of sp³-hybridized carbons (Fsp3) is 0.333. The molecule has 1 N–H and O–H groups in total. The smallest absolute Gasteiger partial charge is 0.313 e. The van der Waals surface area contributed by atoms with Gasteiger partial charge in [-0.05, 0) is 31.0 Å². The lowest BCUT2D eigenvalue weighted by Gasteiger charge is -2.26. The highest BCUT2D eigenvalue weighted by Crippen LogP contribution is 2.29. The first-order valence-corrected chi connectivity index (χ1v) is 7.98. The molecule has 0 saturated carbocycles. The number of nitrogens with zero attached hydrogens (tertiary/aromatic N) is 2. The third kappa shape index (κ3) is 2.73. The summed E-state index contributed by atoms with van der Waals surface area (Å²) in [5.74, 6) is 1.62. The van der Waals surface area contributed by atoms with Gasteiger partial charge in [-0.2, -0.15) is 14.4 Å². The van der Waals surface area contributed by atoms with E-state index in [-0.39, 0.29) is 11.8 Å². The lowest BCUT2D eigenvalue weighted by Crippen LogP contribution is -2.25. The zero-order valence-corrected chi connectivity index (χ0v) is 13.5. The molecule has 2 aromatic heterocycles. The summed E-state index contributed by atoms with van der Waals surface area (Å²) in [7, 11) is 0. The van der Waals surface area contributed by atoms with Gasteiger partial charge in [-0.15, -0.1) is 0 Å². The molecule has 6 heteroatoms. The quantitative estimate of drug-likeness (QED) is 0.735. The summed E-state index contributed by atoms with van der Waals surface area (Å²) in [6, 6.07) is 10.2. The second kappa shape index (κ2) is 5.87. The lowest BCUT2D eigenvalue weighted by atomic mass is 9.95. The van der Waals surface area contributed by atoms with Gasteiger partial charge in [0.2, 0.25) is 5.71 Å². The van der Waals surface area contributed by atoms with E-state index in [9.17, 15) is 4.39 Å². The van der Waals surface area contributed by atoms with E-state index in [4.69, 9.17) is 9.15 Å². The predicted octanol–water partition coefficient (Wildman–Crippen LogP) is 3.96. The summed E-state index contributed by atoms with van der Waals surface area (Å²) >= 11 is 0. The summed E-state index contributed by atoms with van der Waals surface area (Å²) in [4.78, 5) is 7.57. The molecule has 0 spiro atoms. The first-order chi connectivity index (χ1) is 11.6. The van der Waals surface area contributed by atoms with E-state index in [2.05, 4.69) is 39.6 Å². The van der Waals surface area contributed by atoms with Crippen LogP contribution in [0.3, 0.4) is 0 Å². The van der Waals surface area contributed by atoms with Gasteiger partial charge < -0.3 is 14.5 Å². The SMILES string of the molecule is Cc1cc2c(NC(C)c3ccc(C4COC4)cc3)nc(F)nc2o1. The van der Waals surface area contributed by atoms with Crippen molar-refractivity contribution in [2.75, 3.05) is 18.5 Å². The molecule has 1 aliphatic heterocycles. The van der Waals surface area contributed by atoms with Gasteiger partial charge in [-0.25, -0.2) is 0 Å². The van der Waals surface area contributed by atoms with Crippen molar-refractivity contribution in [1.82, 2.24) is 9.97 Å². The summed E-state index contributed by atoms with van der Waals surface area (Å²) in [5, 5.41) is 3.94. The molecule has 1 unspecified atom stereocenters. The third-order valence-electron chi connectivity index (χ3n) is 4.39. The van der Waals surface area contributed by atoms with Crippen LogP contribution >= 0.6 is 0 Å². The molecule has 4 rings (SSSR count). The van der Waals surface area contributed by atoms with E-state index in [1.807, 2.05) is 13.0 Å². The summed E-state index contributed by atoms with van der Waals surface area (Å²) in [5.41, 5.74) is 2.65. The topological polar surface area (TPSA) is 60.2 Å². The van der Waals surface area contributed by atoms with E-state index in [0.717, 1.165) is 18.8 Å². The first-order valence-electron chi connectivity index (χ1n) is 7.98. The number of ether oxygens (including phenoxy) is 1. The minimum absolute atomic E-state index is 0.0237. The highest BCUT2D eigenvalue weighted by molar-refractivity contribution is 5.86. The van der Waals surface area contributed by atoms with Crippen LogP contribution in [0, 0.1) is 13.0 Å². The average molecular weight is 327 g/mol. The van der Waals surface area contributed by atoms with Crippen molar-refractivity contribution in [3.8, 4) is 0 Å². The highest BCUT2D eigenvalue weighted by Gasteiger charge is 2.20. The van der Waals surface area contributed by atoms with E-state index >= 15 is 0 Å². The molecule has 0 bridgehead atoms. The fourth-order valence-corrected chi connectivity index (χ4v) is 2.90. The number of aromatic nitrogens is 2. The van der Waals surface area contributed by atoms with Gasteiger partial charge in [0, 0.05) is 12.0 Å². The van der Waals surface area contributed by atoms with Crippen LogP contribution in [0.15, 0.2) is 34.7 Å². The molecule has 1 atom stereocenters. The summed E-state index contributed by atoms with van der Waals surface area (Å²) in [6.45, 7) is 5.41. The predicted molar refractivity (Wildman–Crippen MR) is 88.5 cm³/mol. The van der Waals surface area contributed by atoms with Crippen LogP contribution in [0.1, 0.15) is 35.8 Å². The second-order valence-electron chi connectivity index (χ2n) is 6.18. The largest absolute Gasteiger partial charge is 0.443 e. The van der Waals surface area contributed by atoms with Gasteiger partial charge in [0.1, 0.15) is 11.6 Å². The number of halogens is 1. The molecule has 1 aliphatic rings. The van der Waals surface area contributed by atoms with Crippen molar-refractivity contribution in [3.63, 3.8) is 0 Å². The monoisotopic (exact) mass is 327 g/mol. The number of hydrogen-bond acceptors (Lipinski definition) is 5. The van der Waals surface area contributed by atoms with Crippen LogP contribution in [0.2, 0.25) is 0 Å². The highest BCUT2D eigenvalue weighted by atomic mass is 19.1. The molecule has 1 saturated heterocycles. The van der Waals surface area contributed by atoms with Crippen LogP contribution in [-0.4, -0.2) is 23.2 Å². The van der Waals surface area contributed by atoms with Gasteiger partial charge in [0.05, 0.1) is 18.6 Å². The van der Waals surface area contributed by atoms with E-state index in [0.29, 0.717) is 22.9 Å². The molecule has 1 fully saturated rings. The maximum atomic E-state index is 13.6. The number of hydrogen-bond donors (Lipinski definition) is 1. The molecule has 124 valence electrons. The number of benzene rings is 1. The van der Waals surface area contributed by atoms with Gasteiger partial charge in [0.25, 0.3) is 0 Å². The van der Waals surface area contributed by atoms with E-state index in [1.54, 1.807) is 6.92 Å². The Hall–Kier alpha value is -2.47. The Kier molecular flexibility index (Phi) is 3.69. The van der Waals surface area contributed by atoms with Crippen molar-refractivity contribution in [2.45, 2.75) is 25.8 Å². The molecule has 24 heavy (non-hydrogen) atoms. The summed E-state index contributed by atoms with van der Waals surface area (Å²) in [6.07, 6.45) is -0.799. The molecule has 1 aromatic carbocycles. The zero-order valence-electron chi connectivity index (χ0n) is 13.5. The normalized spacial score (nSPS) is 16.1. The molecule has 0 radical (unpaired) electrons. The van der Waals surface area contributed by atoms with E-state index in [1.165, 1.54) is 5.56 Å². The molecule has 0 aliphatic carbocycles. The second-order valence-corrected chi connectivity index (χ2v) is 6.18. The van der Waals surface area contributed by atoms with Crippen molar-refractivity contribution in [3.05, 3.63) is 53.3 Å². The average Bonchev–Trinajstić information content (AvgIpc) is 2.86. The van der Waals surface area contributed by atoms with E-state index < -0.39 is 6.08 Å². The van der Waals surface area contributed by atoms with Crippen LogP contribution in [0.25, 0.3) is 11.1 Å². The van der Waals surface area contributed by atoms with Crippen LogP contribution in [-0.2, 0) is 4.74 Å². The number of nitrogens with one attached hydrogen (secondary N) is 1. The Morgan fingerprint density at radius 3 is 2.62 bits per heavy atom. The Balaban J connectivity index is 1.58. The summed E-state index contributed by atoms with van der Waals surface area (Å²) < 4.78 is 24.2. The van der Waals surface area contributed by atoms with Crippen molar-refractivity contribution in [1.29, 1.82) is 0 Å². The Bertz CT molecular complexity index is 872. The standard InChI is InChI=1S/C18H18FN3O2/c1-10-7-15-16(21-18(19)22-17(15)24-10)20-11(2)12-3-5-13(6-4-12)14-8-23-9-14/h3-7,11,14H,8-9H2,1-2H3,(H,20,21,22). The Morgan fingerprint density at radius 2 is 1.96 bits per heavy atom.